The lowest BCUT2D eigenvalue weighted by atomic mass is 10.2. The molecule has 0 bridgehead atoms. The average molecular weight is 257 g/mol. The Kier molecular flexibility index (Phi) is 3.14. The Bertz CT molecular complexity index is 561. The number of aromatic nitrogens is 3. The lowest BCUT2D eigenvalue weighted by molar-refractivity contribution is 0.240. The molecule has 6 heteroatoms. The van der Waals surface area contributed by atoms with E-state index in [1.54, 1.807) is 0 Å². The van der Waals surface area contributed by atoms with Crippen molar-refractivity contribution in [3.8, 4) is 11.4 Å². The van der Waals surface area contributed by atoms with E-state index in [9.17, 15) is 4.79 Å². The summed E-state index contributed by atoms with van der Waals surface area (Å²) in [5.74, 6) is 1.28. The van der Waals surface area contributed by atoms with Crippen LogP contribution in [0.1, 0.15) is 18.7 Å². The fraction of sp³-hybridized carbons (Fsp3) is 0.308. The minimum atomic E-state index is -0.153. The molecule has 1 saturated carbocycles. The Labute approximate surface area is 110 Å². The van der Waals surface area contributed by atoms with Crippen LogP contribution in [0.2, 0.25) is 0 Å². The van der Waals surface area contributed by atoms with Gasteiger partial charge in [0.15, 0.2) is 5.82 Å². The molecule has 98 valence electrons. The van der Waals surface area contributed by atoms with E-state index in [0.29, 0.717) is 24.2 Å². The van der Waals surface area contributed by atoms with Crippen LogP contribution in [0.3, 0.4) is 0 Å². The van der Waals surface area contributed by atoms with Crippen molar-refractivity contribution in [2.24, 2.45) is 0 Å². The number of hydrogen-bond donors (Lipinski definition) is 3. The van der Waals surface area contributed by atoms with E-state index in [0.717, 1.165) is 18.4 Å². The van der Waals surface area contributed by atoms with E-state index in [4.69, 9.17) is 0 Å². The van der Waals surface area contributed by atoms with Crippen LogP contribution in [-0.2, 0) is 6.54 Å². The molecule has 3 rings (SSSR count). The van der Waals surface area contributed by atoms with Gasteiger partial charge in [0.25, 0.3) is 0 Å². The predicted octanol–water partition coefficient (Wildman–Crippen LogP) is 1.43. The molecule has 1 aromatic heterocycles. The summed E-state index contributed by atoms with van der Waals surface area (Å²) in [5, 5.41) is 12.6. The van der Waals surface area contributed by atoms with Gasteiger partial charge in [-0.25, -0.2) is 9.78 Å². The van der Waals surface area contributed by atoms with Crippen molar-refractivity contribution in [2.75, 3.05) is 0 Å². The molecule has 1 aliphatic rings. The van der Waals surface area contributed by atoms with Crippen LogP contribution in [0.4, 0.5) is 4.79 Å². The minimum Gasteiger partial charge on any atom is -0.335 e. The zero-order valence-electron chi connectivity index (χ0n) is 10.4. The number of nitrogens with zero attached hydrogens (tertiary/aromatic N) is 2. The first-order valence-corrected chi connectivity index (χ1v) is 6.32. The number of rotatable bonds is 4. The van der Waals surface area contributed by atoms with Crippen LogP contribution in [-0.4, -0.2) is 27.3 Å². The summed E-state index contributed by atoms with van der Waals surface area (Å²) in [5.41, 5.74) is 0.951. The molecule has 6 nitrogen and oxygen atoms in total. The normalized spacial score (nSPS) is 14.1. The third-order valence-corrected chi connectivity index (χ3v) is 2.89. The number of carbonyl (C=O) groups excluding carboxylic acids is 1. The number of carbonyl (C=O) groups is 1. The molecule has 1 aromatic carbocycles. The van der Waals surface area contributed by atoms with Gasteiger partial charge in [0, 0.05) is 11.6 Å². The van der Waals surface area contributed by atoms with E-state index in [1.807, 2.05) is 30.3 Å². The topological polar surface area (TPSA) is 82.7 Å². The maximum Gasteiger partial charge on any atom is 0.315 e. The van der Waals surface area contributed by atoms with Gasteiger partial charge >= 0.3 is 6.03 Å². The molecule has 1 fully saturated rings. The number of nitrogens with one attached hydrogen (secondary N) is 3. The molecule has 1 heterocycles. The van der Waals surface area contributed by atoms with Gasteiger partial charge in [-0.3, -0.25) is 5.10 Å². The summed E-state index contributed by atoms with van der Waals surface area (Å²) in [6, 6.07) is 9.91. The van der Waals surface area contributed by atoms with Gasteiger partial charge in [-0.1, -0.05) is 30.3 Å². The van der Waals surface area contributed by atoms with Crippen LogP contribution in [0.15, 0.2) is 30.3 Å². The Morgan fingerprint density at radius 1 is 1.32 bits per heavy atom. The largest absolute Gasteiger partial charge is 0.335 e. The smallest absolute Gasteiger partial charge is 0.315 e. The fourth-order valence-electron chi connectivity index (χ4n) is 1.72. The summed E-state index contributed by atoms with van der Waals surface area (Å²) < 4.78 is 0. The highest BCUT2D eigenvalue weighted by atomic mass is 16.2. The third kappa shape index (κ3) is 3.09. The zero-order chi connectivity index (χ0) is 13.1. The lowest BCUT2D eigenvalue weighted by Crippen LogP contribution is -2.36. The van der Waals surface area contributed by atoms with Crippen LogP contribution in [0, 0.1) is 0 Å². The maximum absolute atomic E-state index is 11.5. The highest BCUT2D eigenvalue weighted by molar-refractivity contribution is 5.74. The first-order chi connectivity index (χ1) is 9.31. The molecule has 0 atom stereocenters. The molecule has 2 amide bonds. The average Bonchev–Trinajstić information content (AvgIpc) is 3.12. The van der Waals surface area contributed by atoms with Crippen molar-refractivity contribution in [3.63, 3.8) is 0 Å². The van der Waals surface area contributed by atoms with Crippen molar-refractivity contribution < 1.29 is 4.79 Å². The summed E-state index contributed by atoms with van der Waals surface area (Å²) in [6.07, 6.45) is 2.15. The SMILES string of the molecule is O=C(NCc1nc(-c2ccccc2)n[nH]1)NC1CC1. The van der Waals surface area contributed by atoms with Crippen LogP contribution in [0.5, 0.6) is 0 Å². The van der Waals surface area contributed by atoms with Crippen molar-refractivity contribution >= 4 is 6.03 Å². The van der Waals surface area contributed by atoms with E-state index < -0.39 is 0 Å². The highest BCUT2D eigenvalue weighted by Crippen LogP contribution is 2.18. The second-order valence-corrected chi connectivity index (χ2v) is 4.57. The number of urea groups is 1. The molecule has 0 aliphatic heterocycles. The van der Waals surface area contributed by atoms with Crippen molar-refractivity contribution in [1.82, 2.24) is 25.8 Å². The molecule has 3 N–H and O–H groups in total. The maximum atomic E-state index is 11.5. The van der Waals surface area contributed by atoms with Gasteiger partial charge in [-0.2, -0.15) is 5.10 Å². The minimum absolute atomic E-state index is 0.153. The van der Waals surface area contributed by atoms with Gasteiger partial charge in [0.05, 0.1) is 6.54 Å². The van der Waals surface area contributed by atoms with E-state index in [1.165, 1.54) is 0 Å². The zero-order valence-corrected chi connectivity index (χ0v) is 10.4. The molecule has 0 saturated heterocycles. The Morgan fingerprint density at radius 2 is 2.11 bits per heavy atom. The molecular formula is C13H15N5O. The monoisotopic (exact) mass is 257 g/mol. The molecule has 1 aliphatic carbocycles. The van der Waals surface area contributed by atoms with Crippen molar-refractivity contribution in [1.29, 1.82) is 0 Å². The van der Waals surface area contributed by atoms with Gasteiger partial charge in [0.2, 0.25) is 0 Å². The van der Waals surface area contributed by atoms with Crippen molar-refractivity contribution in [2.45, 2.75) is 25.4 Å². The molecule has 0 radical (unpaired) electrons. The molecule has 0 unspecified atom stereocenters. The standard InChI is InChI=1S/C13H15N5O/c19-13(15-10-6-7-10)14-8-11-16-12(18-17-11)9-4-2-1-3-5-9/h1-5,10H,6-8H2,(H2,14,15,19)(H,16,17,18). The molecular weight excluding hydrogens is 242 g/mol. The van der Waals surface area contributed by atoms with Gasteiger partial charge in [-0.15, -0.1) is 0 Å². The number of aromatic amines is 1. The van der Waals surface area contributed by atoms with E-state index in [2.05, 4.69) is 25.8 Å². The second kappa shape index (κ2) is 5.09. The molecule has 19 heavy (non-hydrogen) atoms. The number of hydrogen-bond acceptors (Lipinski definition) is 3. The van der Waals surface area contributed by atoms with E-state index >= 15 is 0 Å². The van der Waals surface area contributed by atoms with Gasteiger partial charge in [0.1, 0.15) is 5.82 Å². The summed E-state index contributed by atoms with van der Waals surface area (Å²) >= 11 is 0. The Morgan fingerprint density at radius 3 is 2.84 bits per heavy atom. The number of amides is 2. The van der Waals surface area contributed by atoms with Crippen molar-refractivity contribution in [3.05, 3.63) is 36.2 Å². The van der Waals surface area contributed by atoms with Gasteiger partial charge in [-0.05, 0) is 12.8 Å². The summed E-state index contributed by atoms with van der Waals surface area (Å²) in [7, 11) is 0. The van der Waals surface area contributed by atoms with Crippen LogP contribution < -0.4 is 10.6 Å². The van der Waals surface area contributed by atoms with Crippen LogP contribution >= 0.6 is 0 Å². The predicted molar refractivity (Wildman–Crippen MR) is 70.2 cm³/mol. The fourth-order valence-corrected chi connectivity index (χ4v) is 1.72. The second-order valence-electron chi connectivity index (χ2n) is 4.57. The summed E-state index contributed by atoms with van der Waals surface area (Å²) in [6.45, 7) is 0.346. The molecule has 2 aromatic rings. The van der Waals surface area contributed by atoms with E-state index in [-0.39, 0.29) is 6.03 Å². The highest BCUT2D eigenvalue weighted by Gasteiger charge is 2.23. The Hall–Kier alpha value is -2.37. The summed E-state index contributed by atoms with van der Waals surface area (Å²) in [4.78, 5) is 15.8. The first-order valence-electron chi connectivity index (χ1n) is 6.32. The Balaban J connectivity index is 1.57. The number of H-pyrrole nitrogens is 1. The lowest BCUT2D eigenvalue weighted by Gasteiger charge is -2.03. The third-order valence-electron chi connectivity index (χ3n) is 2.89. The van der Waals surface area contributed by atoms with Crippen LogP contribution in [0.25, 0.3) is 11.4 Å². The van der Waals surface area contributed by atoms with Gasteiger partial charge < -0.3 is 10.6 Å². The first kappa shape index (κ1) is 11.7. The molecule has 0 spiro atoms. The quantitative estimate of drug-likeness (QED) is 0.775. The number of benzene rings is 1.